The Morgan fingerprint density at radius 2 is 1.98 bits per heavy atom. The number of imidazole rings is 1. The number of ether oxygens (including phenoxy) is 2. The molecule has 46 heavy (non-hydrogen) atoms. The van der Waals surface area contributed by atoms with Crippen LogP contribution in [0.25, 0.3) is 11.2 Å². The zero-order valence-electron chi connectivity index (χ0n) is 25.7. The van der Waals surface area contributed by atoms with Gasteiger partial charge < -0.3 is 30.5 Å². The summed E-state index contributed by atoms with van der Waals surface area (Å²) in [4.78, 5) is 57.0. The molecule has 0 saturated carbocycles. The topological polar surface area (TPSA) is 269 Å². The molecule has 19 nitrogen and oxygen atoms in total. The molecule has 2 aromatic heterocycles. The average Bonchev–Trinajstić information content (AvgIpc) is 3.54. The van der Waals surface area contributed by atoms with Crippen LogP contribution in [0.5, 0.6) is 0 Å². The first-order valence-corrected chi connectivity index (χ1v) is 18.0. The highest BCUT2D eigenvalue weighted by atomic mass is 35.5. The Morgan fingerprint density at radius 1 is 1.28 bits per heavy atom. The molecule has 22 heteroatoms. The minimum Gasteiger partial charge on any atom is -0.464 e. The zero-order chi connectivity index (χ0) is 34.2. The number of phosphoric acid groups is 1. The average molecular weight is 716 g/mol. The number of H-pyrrole nitrogens is 1. The van der Waals surface area contributed by atoms with E-state index in [1.807, 2.05) is 13.8 Å². The summed E-state index contributed by atoms with van der Waals surface area (Å²) in [6.07, 6.45) is -0.603. The van der Waals surface area contributed by atoms with Gasteiger partial charge in [0.15, 0.2) is 17.4 Å². The Kier molecular flexibility index (Phi) is 13.7. The van der Waals surface area contributed by atoms with Gasteiger partial charge in [-0.15, -0.1) is 11.6 Å². The van der Waals surface area contributed by atoms with Crippen LogP contribution in [0.1, 0.15) is 46.8 Å². The largest absolute Gasteiger partial charge is 0.480 e. The lowest BCUT2D eigenvalue weighted by Crippen LogP contribution is -2.36. The summed E-state index contributed by atoms with van der Waals surface area (Å²) in [5.41, 5.74) is 5.02. The number of rotatable bonds is 18. The van der Waals surface area contributed by atoms with Crippen LogP contribution in [0, 0.1) is 11.8 Å². The second-order valence-corrected chi connectivity index (χ2v) is 14.1. The van der Waals surface area contributed by atoms with Crippen LogP contribution in [0.2, 0.25) is 0 Å². The van der Waals surface area contributed by atoms with Crippen molar-refractivity contribution in [3.63, 3.8) is 0 Å². The number of carbonyl (C=O) groups is 2. The van der Waals surface area contributed by atoms with Gasteiger partial charge in [0.05, 0.1) is 32.3 Å². The summed E-state index contributed by atoms with van der Waals surface area (Å²) in [6, 6.07) is -1.31. The molecule has 0 bridgehead atoms. The molecule has 1 amide bonds. The first kappa shape index (κ1) is 38.0. The molecule has 7 atom stereocenters. The van der Waals surface area contributed by atoms with E-state index in [9.17, 15) is 33.5 Å². The van der Waals surface area contributed by atoms with Gasteiger partial charge in [-0.2, -0.15) is 9.29 Å². The van der Waals surface area contributed by atoms with E-state index in [0.717, 1.165) is 12.8 Å². The Bertz CT molecular complexity index is 1510. The Balaban J connectivity index is 1.69. The number of hydrogen-bond acceptors (Lipinski definition) is 14. The highest BCUT2D eigenvalue weighted by molar-refractivity contribution is 7.63. The smallest absolute Gasteiger partial charge is 0.464 e. The number of alkyl halides is 1. The Morgan fingerprint density at radius 3 is 2.63 bits per heavy atom. The lowest BCUT2D eigenvalue weighted by Gasteiger charge is -2.25. The molecule has 1 aliphatic heterocycles. The van der Waals surface area contributed by atoms with E-state index >= 15 is 0 Å². The summed E-state index contributed by atoms with van der Waals surface area (Å²) in [5, 5.41) is 15.5. The number of nitrogens with one attached hydrogen (secondary N) is 3. The van der Waals surface area contributed by atoms with E-state index in [1.165, 1.54) is 17.8 Å². The van der Waals surface area contributed by atoms with Gasteiger partial charge in [0, 0.05) is 12.5 Å². The Labute approximate surface area is 269 Å². The molecule has 2 unspecified atom stereocenters. The Hall–Kier alpha value is -2.44. The summed E-state index contributed by atoms with van der Waals surface area (Å²) in [5.74, 6) is -2.49. The number of aliphatic hydroxyl groups is 1. The van der Waals surface area contributed by atoms with Crippen LogP contribution in [0.3, 0.4) is 0 Å². The number of anilines is 1. The number of nitrogen functional groups attached to an aromatic ring is 1. The predicted molar refractivity (Wildman–Crippen MR) is 163 cm³/mol. The molecular formula is C24H40ClN7O12P2. The van der Waals surface area contributed by atoms with Crippen LogP contribution in [-0.2, 0) is 41.6 Å². The van der Waals surface area contributed by atoms with Crippen molar-refractivity contribution >= 4 is 56.2 Å². The van der Waals surface area contributed by atoms with E-state index in [0.29, 0.717) is 0 Å². The quantitative estimate of drug-likeness (QED) is 0.0547. The van der Waals surface area contributed by atoms with Crippen molar-refractivity contribution in [3.05, 3.63) is 16.7 Å². The van der Waals surface area contributed by atoms with Gasteiger partial charge in [0.25, 0.3) is 5.56 Å². The highest BCUT2D eigenvalue weighted by Gasteiger charge is 2.45. The van der Waals surface area contributed by atoms with Crippen LogP contribution in [-0.4, -0.2) is 91.9 Å². The third kappa shape index (κ3) is 10.0. The maximum Gasteiger partial charge on any atom is 0.480 e. The first-order valence-electron chi connectivity index (χ1n) is 14.4. The summed E-state index contributed by atoms with van der Waals surface area (Å²) < 4.78 is 54.2. The van der Waals surface area contributed by atoms with E-state index < -0.39 is 76.6 Å². The molecule has 1 fully saturated rings. The third-order valence-corrected chi connectivity index (χ3v) is 10.8. The van der Waals surface area contributed by atoms with Crippen molar-refractivity contribution in [2.75, 3.05) is 38.0 Å². The second-order valence-electron chi connectivity index (χ2n) is 10.5. The normalized spacial score (nSPS) is 23.2. The number of halogens is 1. The monoisotopic (exact) mass is 715 g/mol. The number of aromatic nitrogens is 4. The maximum absolute atomic E-state index is 13.6. The van der Waals surface area contributed by atoms with Crippen molar-refractivity contribution in [1.29, 1.82) is 0 Å². The minimum atomic E-state index is -5.21. The van der Waals surface area contributed by atoms with Crippen molar-refractivity contribution in [2.24, 2.45) is 11.8 Å². The fraction of sp³-hybridized carbons (Fsp3) is 0.708. The molecule has 3 rings (SSSR count). The highest BCUT2D eigenvalue weighted by Crippen LogP contribution is 2.61. The lowest BCUT2D eigenvalue weighted by molar-refractivity contribution is -0.146. The standard InChI is InChI=1S/C24H40ClN7O12P2/c1-5-15(6-2)10-40-23(36)14(4)31-45(37,41-8-7-27-17(33)9-25)44-46(38,39)42-11-16-13(3)19(34)22(43-16)32-12-28-18-20(32)29-24(26)30-21(18)35/h12-16,19,22,34H,5-11H2,1-4H3,(H,27,33)(H,31,37)(H,38,39)(H3,26,29,30,35)/t13-,14+,16-,19-,22-,45?/m1/s1. The van der Waals surface area contributed by atoms with Crippen molar-refractivity contribution in [3.8, 4) is 0 Å². The zero-order valence-corrected chi connectivity index (χ0v) is 28.2. The van der Waals surface area contributed by atoms with E-state index in [4.69, 9.17) is 40.2 Å². The lowest BCUT2D eigenvalue weighted by atomic mass is 10.0. The van der Waals surface area contributed by atoms with Gasteiger partial charge in [-0.1, -0.05) is 33.6 Å². The fourth-order valence-corrected chi connectivity index (χ4v) is 7.44. The van der Waals surface area contributed by atoms with Crippen LogP contribution < -0.4 is 21.7 Å². The molecule has 0 spiro atoms. The fourth-order valence-electron chi connectivity index (χ4n) is 4.37. The number of hydrogen-bond donors (Lipinski definition) is 6. The van der Waals surface area contributed by atoms with E-state index in [1.54, 1.807) is 6.92 Å². The maximum atomic E-state index is 13.6. The van der Waals surface area contributed by atoms with Crippen LogP contribution >= 0.6 is 27.2 Å². The third-order valence-electron chi connectivity index (χ3n) is 7.20. The van der Waals surface area contributed by atoms with Crippen molar-refractivity contribution in [1.82, 2.24) is 29.9 Å². The van der Waals surface area contributed by atoms with Gasteiger partial charge in [-0.3, -0.25) is 33.0 Å². The molecule has 3 heterocycles. The van der Waals surface area contributed by atoms with Crippen LogP contribution in [0.15, 0.2) is 11.1 Å². The number of nitrogens with zero attached hydrogens (tertiary/aromatic N) is 3. The van der Waals surface area contributed by atoms with Crippen LogP contribution in [0.4, 0.5) is 5.95 Å². The van der Waals surface area contributed by atoms with E-state index in [2.05, 4.69) is 25.4 Å². The molecule has 260 valence electrons. The van der Waals surface area contributed by atoms with Gasteiger partial charge >= 0.3 is 21.5 Å². The molecule has 1 saturated heterocycles. The number of nitrogens with two attached hydrogens (primary N) is 1. The van der Waals surface area contributed by atoms with Crippen molar-refractivity contribution < 1.29 is 51.6 Å². The van der Waals surface area contributed by atoms with Gasteiger partial charge in [-0.05, 0) is 12.8 Å². The van der Waals surface area contributed by atoms with Gasteiger partial charge in [0.2, 0.25) is 11.9 Å². The molecule has 2 aromatic rings. The molecule has 0 aliphatic carbocycles. The number of aliphatic hydroxyl groups excluding tert-OH is 1. The number of esters is 1. The summed E-state index contributed by atoms with van der Waals surface area (Å²) >= 11 is 5.43. The molecule has 1 aliphatic rings. The number of carbonyl (C=O) groups excluding carboxylic acids is 2. The SMILES string of the molecule is CCC(CC)COC(=O)[C@H](C)NP(=O)(OCCNC(=O)CCl)OP(=O)(O)OC[C@H]1O[C@@H](n2cnc3c(=O)[nH]c(N)nc32)[C@H](O)[C@@H]1C. The molecule has 7 N–H and O–H groups in total. The molecular weight excluding hydrogens is 676 g/mol. The minimum absolute atomic E-state index is 0.0363. The molecule has 0 aromatic carbocycles. The second kappa shape index (κ2) is 16.6. The molecule has 0 radical (unpaired) electrons. The number of fused-ring (bicyclic) bond motifs is 1. The van der Waals surface area contributed by atoms with Crippen molar-refractivity contribution in [2.45, 2.75) is 65.0 Å². The number of amides is 1. The predicted octanol–water partition coefficient (Wildman–Crippen LogP) is 1.17. The summed E-state index contributed by atoms with van der Waals surface area (Å²) in [6.45, 7) is 5.55. The van der Waals surface area contributed by atoms with Gasteiger partial charge in [0.1, 0.15) is 18.0 Å². The van der Waals surface area contributed by atoms with E-state index in [-0.39, 0.29) is 42.1 Å². The van der Waals surface area contributed by atoms with Gasteiger partial charge in [-0.25, -0.2) is 19.2 Å². The number of phosphoric ester groups is 1. The summed E-state index contributed by atoms with van der Waals surface area (Å²) in [7, 11) is -10.00. The first-order chi connectivity index (χ1) is 21.6. The number of aromatic amines is 1.